The van der Waals surface area contributed by atoms with Crippen molar-refractivity contribution in [2.75, 3.05) is 51.3 Å². The van der Waals surface area contributed by atoms with Crippen molar-refractivity contribution in [3.8, 4) is 5.75 Å². The molecule has 2 fully saturated rings. The van der Waals surface area contributed by atoms with Crippen LogP contribution in [0.4, 0.5) is 5.69 Å². The van der Waals surface area contributed by atoms with E-state index >= 15 is 0 Å². The molecule has 1 amide bonds. The predicted molar refractivity (Wildman–Crippen MR) is 130 cm³/mol. The number of nitrogens with one attached hydrogen (secondary N) is 1. The highest BCUT2D eigenvalue weighted by Crippen LogP contribution is 2.25. The molecular weight excluding hydrogens is 416 g/mol. The fourth-order valence-electron chi connectivity index (χ4n) is 4.60. The number of hydrogen-bond donors (Lipinski definition) is 1. The second-order valence-electron chi connectivity index (χ2n) is 8.70. The molecule has 1 N–H and O–H groups in total. The fourth-order valence-corrected chi connectivity index (χ4v) is 4.60. The zero-order chi connectivity index (χ0) is 22.5. The van der Waals surface area contributed by atoms with E-state index < -0.39 is 0 Å². The lowest BCUT2D eigenvalue weighted by atomic mass is 10.1. The van der Waals surface area contributed by atoms with Gasteiger partial charge in [0.05, 0.1) is 13.2 Å². The number of benzene rings is 2. The van der Waals surface area contributed by atoms with Crippen molar-refractivity contribution < 1.29 is 15.7 Å². The van der Waals surface area contributed by atoms with E-state index in [-0.39, 0.29) is 13.9 Å². The number of ether oxygens (including phenoxy) is 2. The maximum absolute atomic E-state index is 12.3. The first-order chi connectivity index (χ1) is 16.2. The van der Waals surface area contributed by atoms with E-state index in [1.54, 1.807) is 4.90 Å². The molecule has 0 radical (unpaired) electrons. The third-order valence-electron chi connectivity index (χ3n) is 6.34. The average molecular weight is 449 g/mol. The van der Waals surface area contributed by atoms with E-state index in [9.17, 15) is 4.79 Å². The topological polar surface area (TPSA) is 66.9 Å². The van der Waals surface area contributed by atoms with Crippen LogP contribution in [0.2, 0.25) is 0 Å². The number of nitrogens with zero attached hydrogens (tertiary/aromatic N) is 3. The first-order valence-corrected chi connectivity index (χ1v) is 11.6. The van der Waals surface area contributed by atoms with Gasteiger partial charge in [0.15, 0.2) is 6.61 Å². The average Bonchev–Trinajstić information content (AvgIpc) is 3.30. The van der Waals surface area contributed by atoms with Gasteiger partial charge in [-0.3, -0.25) is 14.7 Å². The van der Waals surface area contributed by atoms with Gasteiger partial charge in [0, 0.05) is 69.0 Å². The Balaban J connectivity index is 0.00000274. The summed E-state index contributed by atoms with van der Waals surface area (Å²) in [7, 11) is 0. The van der Waals surface area contributed by atoms with Gasteiger partial charge in [0.1, 0.15) is 5.75 Å². The summed E-state index contributed by atoms with van der Waals surface area (Å²) in [6, 6.07) is 16.9. The summed E-state index contributed by atoms with van der Waals surface area (Å²) in [6.07, 6.45) is 4.86. The highest BCUT2D eigenvalue weighted by Gasteiger charge is 2.23. The molecule has 2 aliphatic rings. The molecule has 0 spiro atoms. The lowest BCUT2D eigenvalue weighted by Crippen LogP contribution is -2.42. The molecule has 0 saturated carbocycles. The van der Waals surface area contributed by atoms with E-state index in [4.69, 9.17) is 9.47 Å². The number of rotatable bonds is 7. The van der Waals surface area contributed by atoms with Crippen molar-refractivity contribution in [3.63, 3.8) is 0 Å². The zero-order valence-corrected chi connectivity index (χ0v) is 18.8. The Labute approximate surface area is 195 Å². The molecule has 0 bridgehead atoms. The minimum Gasteiger partial charge on any atom is -0.484 e. The third kappa shape index (κ3) is 5.43. The number of likely N-dealkylation sites (tertiary alicyclic amines) is 1. The van der Waals surface area contributed by atoms with E-state index in [1.165, 1.54) is 16.6 Å². The largest absolute Gasteiger partial charge is 0.484 e. The number of aromatic nitrogens is 1. The van der Waals surface area contributed by atoms with Crippen molar-refractivity contribution >= 4 is 22.4 Å². The molecule has 33 heavy (non-hydrogen) atoms. The number of amides is 1. The van der Waals surface area contributed by atoms with Crippen LogP contribution in [-0.2, 0) is 16.1 Å². The Morgan fingerprint density at radius 3 is 2.94 bits per heavy atom. The van der Waals surface area contributed by atoms with Crippen LogP contribution in [0.1, 0.15) is 13.4 Å². The lowest BCUT2D eigenvalue weighted by molar-refractivity contribution is -0.137. The number of morpholine rings is 1. The van der Waals surface area contributed by atoms with Gasteiger partial charge in [0.2, 0.25) is 0 Å². The molecule has 5 rings (SSSR count). The number of hydrogen-bond acceptors (Lipinski definition) is 6. The van der Waals surface area contributed by atoms with Crippen LogP contribution in [-0.4, -0.2) is 72.7 Å². The van der Waals surface area contributed by atoms with Gasteiger partial charge in [-0.2, -0.15) is 0 Å². The first-order valence-electron chi connectivity index (χ1n) is 11.6. The number of anilines is 1. The SMILES string of the molecule is O=C(COc1cccc(CN2CC[C@@H](Nc3cccc4cnccc34)C2)c1)N1CCOCC1.[HH]. The molecule has 3 aromatic rings. The Bertz CT molecular complexity index is 1100. The molecule has 2 aromatic carbocycles. The molecule has 0 unspecified atom stereocenters. The maximum atomic E-state index is 12.3. The highest BCUT2D eigenvalue weighted by molar-refractivity contribution is 5.93. The number of carbonyl (C=O) groups excluding carboxylic acids is 1. The Morgan fingerprint density at radius 2 is 2.03 bits per heavy atom. The molecule has 1 aromatic heterocycles. The van der Waals surface area contributed by atoms with Gasteiger partial charge in [-0.05, 0) is 36.2 Å². The molecule has 2 aliphatic heterocycles. The van der Waals surface area contributed by atoms with Crippen LogP contribution in [0, 0.1) is 0 Å². The van der Waals surface area contributed by atoms with E-state index in [2.05, 4.69) is 45.5 Å². The van der Waals surface area contributed by atoms with Gasteiger partial charge in [-0.25, -0.2) is 0 Å². The van der Waals surface area contributed by atoms with Crippen molar-refractivity contribution in [1.29, 1.82) is 0 Å². The van der Waals surface area contributed by atoms with Gasteiger partial charge in [-0.1, -0.05) is 24.3 Å². The summed E-state index contributed by atoms with van der Waals surface area (Å²) in [6.45, 7) is 5.46. The van der Waals surface area contributed by atoms with E-state index in [0.29, 0.717) is 32.3 Å². The Kier molecular flexibility index (Phi) is 6.69. The normalized spacial score (nSPS) is 19.0. The molecular formula is C26H32N4O3. The van der Waals surface area contributed by atoms with Crippen LogP contribution < -0.4 is 10.1 Å². The monoisotopic (exact) mass is 448 g/mol. The minimum atomic E-state index is 0. The maximum Gasteiger partial charge on any atom is 0.260 e. The molecule has 2 saturated heterocycles. The van der Waals surface area contributed by atoms with Crippen LogP contribution in [0.5, 0.6) is 5.75 Å². The fraction of sp³-hybridized carbons (Fsp3) is 0.385. The second-order valence-corrected chi connectivity index (χ2v) is 8.70. The summed E-state index contributed by atoms with van der Waals surface area (Å²) >= 11 is 0. The Hall–Kier alpha value is -3.16. The number of fused-ring (bicyclic) bond motifs is 1. The van der Waals surface area contributed by atoms with Gasteiger partial charge in [-0.15, -0.1) is 0 Å². The molecule has 3 heterocycles. The molecule has 1 atom stereocenters. The Morgan fingerprint density at radius 1 is 1.15 bits per heavy atom. The molecule has 0 aliphatic carbocycles. The standard InChI is InChI=1S/C26H30N4O3.H2/c31-26(30-11-13-32-14-12-30)19-33-23-5-1-3-20(15-23)17-29-10-8-22(18-29)28-25-6-2-4-21-16-27-9-7-24(21)25;/h1-7,9,15-16,22,28H,8,10-14,17-19H2;1H/t22-;/m1./s1. The molecule has 7 heteroatoms. The predicted octanol–water partition coefficient (Wildman–Crippen LogP) is 3.40. The van der Waals surface area contributed by atoms with Crippen LogP contribution in [0.25, 0.3) is 10.8 Å². The number of pyridine rings is 1. The number of carbonyl (C=O) groups is 1. The van der Waals surface area contributed by atoms with Crippen molar-refractivity contribution in [1.82, 2.24) is 14.8 Å². The van der Waals surface area contributed by atoms with E-state index in [1.807, 2.05) is 30.6 Å². The van der Waals surface area contributed by atoms with Gasteiger partial charge < -0.3 is 19.7 Å². The smallest absolute Gasteiger partial charge is 0.260 e. The van der Waals surface area contributed by atoms with Crippen molar-refractivity contribution in [3.05, 3.63) is 66.5 Å². The van der Waals surface area contributed by atoms with E-state index in [0.717, 1.165) is 37.2 Å². The summed E-state index contributed by atoms with van der Waals surface area (Å²) in [5, 5.41) is 6.09. The summed E-state index contributed by atoms with van der Waals surface area (Å²) in [5.41, 5.74) is 2.37. The quantitative estimate of drug-likeness (QED) is 0.598. The second kappa shape index (κ2) is 10.2. The third-order valence-corrected chi connectivity index (χ3v) is 6.34. The minimum absolute atomic E-state index is 0. The summed E-state index contributed by atoms with van der Waals surface area (Å²) in [4.78, 5) is 20.8. The van der Waals surface area contributed by atoms with Crippen LogP contribution in [0.3, 0.4) is 0 Å². The summed E-state index contributed by atoms with van der Waals surface area (Å²) < 4.78 is 11.1. The van der Waals surface area contributed by atoms with Crippen molar-refractivity contribution in [2.24, 2.45) is 0 Å². The van der Waals surface area contributed by atoms with Crippen LogP contribution >= 0.6 is 0 Å². The van der Waals surface area contributed by atoms with Crippen molar-refractivity contribution in [2.45, 2.75) is 19.0 Å². The summed E-state index contributed by atoms with van der Waals surface area (Å²) in [5.74, 6) is 0.758. The first kappa shape index (κ1) is 21.7. The van der Waals surface area contributed by atoms with Gasteiger partial charge >= 0.3 is 0 Å². The molecule has 7 nitrogen and oxygen atoms in total. The lowest BCUT2D eigenvalue weighted by Gasteiger charge is -2.26. The molecule has 174 valence electrons. The zero-order valence-electron chi connectivity index (χ0n) is 18.8. The highest BCUT2D eigenvalue weighted by atomic mass is 16.5. The van der Waals surface area contributed by atoms with Gasteiger partial charge in [0.25, 0.3) is 5.91 Å². The van der Waals surface area contributed by atoms with Crippen LogP contribution in [0.15, 0.2) is 60.9 Å².